The number of benzene rings is 1. The van der Waals surface area contributed by atoms with Crippen molar-refractivity contribution in [3.63, 3.8) is 0 Å². The molecule has 1 N–H and O–H groups in total. The van der Waals surface area contributed by atoms with Crippen LogP contribution in [-0.4, -0.2) is 34.3 Å². The zero-order valence-corrected chi connectivity index (χ0v) is 16.4. The van der Waals surface area contributed by atoms with Crippen molar-refractivity contribution in [1.29, 1.82) is 0 Å². The monoisotopic (exact) mass is 367 g/mol. The summed E-state index contributed by atoms with van der Waals surface area (Å²) < 4.78 is 10.9. The summed E-state index contributed by atoms with van der Waals surface area (Å²) in [5.74, 6) is 6.49. The number of carbonyl (C=O) groups excluding carboxylic acids is 1. The molecule has 0 saturated heterocycles. The highest BCUT2D eigenvalue weighted by molar-refractivity contribution is 5.68. The second-order valence-electron chi connectivity index (χ2n) is 7.10. The number of rotatable bonds is 4. The fourth-order valence-corrected chi connectivity index (χ4v) is 2.09. The van der Waals surface area contributed by atoms with Gasteiger partial charge in [-0.3, -0.25) is 0 Å². The Morgan fingerprint density at radius 2 is 1.89 bits per heavy atom. The first-order chi connectivity index (χ1) is 12.7. The molecule has 0 spiro atoms. The molecule has 0 saturated carbocycles. The lowest BCUT2D eigenvalue weighted by Gasteiger charge is -2.18. The van der Waals surface area contributed by atoms with Gasteiger partial charge in [0.15, 0.2) is 0 Å². The van der Waals surface area contributed by atoms with Crippen LogP contribution in [0.4, 0.5) is 4.79 Å². The van der Waals surface area contributed by atoms with Crippen molar-refractivity contribution in [2.75, 3.05) is 6.54 Å². The average Bonchev–Trinajstić information content (AvgIpc) is 2.57. The van der Waals surface area contributed by atoms with Gasteiger partial charge in [-0.05, 0) is 40.5 Å². The minimum atomic E-state index is -0.548. The molecule has 1 aromatic heterocycles. The number of nitrogens with one attached hydrogen (secondary N) is 1. The third kappa shape index (κ3) is 7.37. The molecule has 0 aliphatic heterocycles. The van der Waals surface area contributed by atoms with Crippen molar-refractivity contribution < 1.29 is 14.3 Å². The average molecular weight is 367 g/mol. The molecular formula is C21H25N3O3. The zero-order valence-electron chi connectivity index (χ0n) is 16.4. The second kappa shape index (κ2) is 9.04. The first-order valence-electron chi connectivity index (χ1n) is 8.80. The Kier molecular flexibility index (Phi) is 6.78. The van der Waals surface area contributed by atoms with Gasteiger partial charge in [-0.1, -0.05) is 36.3 Å². The molecule has 0 unspecified atom stereocenters. The summed E-state index contributed by atoms with van der Waals surface area (Å²) in [7, 11) is 0. The summed E-state index contributed by atoms with van der Waals surface area (Å²) in [5.41, 5.74) is 1.13. The first kappa shape index (κ1) is 20.2. The molecule has 1 heterocycles. The summed E-state index contributed by atoms with van der Waals surface area (Å²) in [6.07, 6.45) is -0.530. The van der Waals surface area contributed by atoms with E-state index < -0.39 is 11.7 Å². The molecule has 1 amide bonds. The van der Waals surface area contributed by atoms with E-state index >= 15 is 0 Å². The quantitative estimate of drug-likeness (QED) is 0.832. The van der Waals surface area contributed by atoms with Gasteiger partial charge in [-0.2, -0.15) is 4.98 Å². The third-order valence-corrected chi connectivity index (χ3v) is 3.05. The molecule has 0 atom stereocenters. The molecule has 0 bridgehead atoms. The topological polar surface area (TPSA) is 73.3 Å². The van der Waals surface area contributed by atoms with Gasteiger partial charge < -0.3 is 14.8 Å². The maximum Gasteiger partial charge on any atom is 0.408 e. The van der Waals surface area contributed by atoms with Gasteiger partial charge in [0.05, 0.1) is 18.3 Å². The van der Waals surface area contributed by atoms with Crippen LogP contribution in [0.25, 0.3) is 11.3 Å². The Bertz CT molecular complexity index is 831. The molecule has 27 heavy (non-hydrogen) atoms. The smallest absolute Gasteiger partial charge is 0.408 e. The molecule has 6 nitrogen and oxygen atoms in total. The highest BCUT2D eigenvalue weighted by atomic mass is 16.6. The molecule has 0 aliphatic carbocycles. The normalized spacial score (nSPS) is 10.7. The van der Waals surface area contributed by atoms with E-state index in [0.29, 0.717) is 11.7 Å². The molecule has 1 aromatic carbocycles. The van der Waals surface area contributed by atoms with Gasteiger partial charge in [0, 0.05) is 11.6 Å². The van der Waals surface area contributed by atoms with Gasteiger partial charge in [0.25, 0.3) is 0 Å². The molecule has 0 radical (unpaired) electrons. The van der Waals surface area contributed by atoms with E-state index in [0.717, 1.165) is 11.3 Å². The fourth-order valence-electron chi connectivity index (χ4n) is 2.09. The largest absolute Gasteiger partial charge is 0.475 e. The third-order valence-electron chi connectivity index (χ3n) is 3.05. The molecule has 2 rings (SSSR count). The van der Waals surface area contributed by atoms with Gasteiger partial charge in [-0.25, -0.2) is 9.78 Å². The number of nitrogens with zero attached hydrogens (tertiary/aromatic N) is 2. The fraction of sp³-hybridized carbons (Fsp3) is 0.381. The van der Waals surface area contributed by atoms with Crippen LogP contribution >= 0.6 is 0 Å². The summed E-state index contributed by atoms with van der Waals surface area (Å²) >= 11 is 0. The zero-order chi connectivity index (χ0) is 19.9. The van der Waals surface area contributed by atoms with Crippen molar-refractivity contribution in [1.82, 2.24) is 15.3 Å². The Labute approximate surface area is 160 Å². The Balaban J connectivity index is 2.15. The van der Waals surface area contributed by atoms with E-state index in [9.17, 15) is 4.79 Å². The number of hydrogen-bond acceptors (Lipinski definition) is 5. The molecule has 2 aromatic rings. The van der Waals surface area contributed by atoms with E-state index in [1.165, 1.54) is 0 Å². The molecular weight excluding hydrogens is 342 g/mol. The summed E-state index contributed by atoms with van der Waals surface area (Å²) in [6.45, 7) is 9.40. The molecule has 0 aliphatic rings. The number of ether oxygens (including phenoxy) is 2. The van der Waals surface area contributed by atoms with Crippen LogP contribution in [0.5, 0.6) is 5.88 Å². The predicted octanol–water partition coefficient (Wildman–Crippen LogP) is 3.81. The lowest BCUT2D eigenvalue weighted by molar-refractivity contribution is 0.0535. The number of amides is 1. The standard InChI is InChI=1S/C21H25N3O3/c1-15(2)26-19-14-17(16-10-7-6-8-11-16)23-18(24-19)12-9-13-22-20(25)27-21(3,4)5/h6-8,10-11,14-15H,13H2,1-5H3,(H,22,25). The first-order valence-corrected chi connectivity index (χ1v) is 8.80. The minimum absolute atomic E-state index is 0.0156. The van der Waals surface area contributed by atoms with E-state index in [1.807, 2.05) is 44.2 Å². The maximum absolute atomic E-state index is 11.6. The van der Waals surface area contributed by atoms with Gasteiger partial charge in [0.1, 0.15) is 5.60 Å². The molecule has 6 heteroatoms. The lowest BCUT2D eigenvalue weighted by atomic mass is 10.1. The van der Waals surface area contributed by atoms with E-state index in [2.05, 4.69) is 27.1 Å². The molecule has 0 fully saturated rings. The van der Waals surface area contributed by atoms with Crippen molar-refractivity contribution >= 4 is 6.09 Å². The van der Waals surface area contributed by atoms with Crippen molar-refractivity contribution in [3.05, 3.63) is 42.2 Å². The van der Waals surface area contributed by atoms with Gasteiger partial charge in [0.2, 0.25) is 11.7 Å². The summed E-state index contributed by atoms with van der Waals surface area (Å²) in [6, 6.07) is 11.5. The van der Waals surface area contributed by atoms with Crippen LogP contribution < -0.4 is 10.1 Å². The Hall–Kier alpha value is -3.07. The number of aromatic nitrogens is 2. The second-order valence-corrected chi connectivity index (χ2v) is 7.10. The highest BCUT2D eigenvalue weighted by Crippen LogP contribution is 2.21. The van der Waals surface area contributed by atoms with E-state index in [-0.39, 0.29) is 12.6 Å². The number of carbonyl (C=O) groups is 1. The minimum Gasteiger partial charge on any atom is -0.475 e. The van der Waals surface area contributed by atoms with Crippen LogP contribution in [0.15, 0.2) is 36.4 Å². The Morgan fingerprint density at radius 1 is 1.19 bits per heavy atom. The maximum atomic E-state index is 11.6. The lowest BCUT2D eigenvalue weighted by Crippen LogP contribution is -2.32. The summed E-state index contributed by atoms with van der Waals surface area (Å²) in [5, 5.41) is 2.58. The van der Waals surface area contributed by atoms with E-state index in [4.69, 9.17) is 9.47 Å². The highest BCUT2D eigenvalue weighted by Gasteiger charge is 2.15. The van der Waals surface area contributed by atoms with Crippen LogP contribution in [0, 0.1) is 11.8 Å². The van der Waals surface area contributed by atoms with Crippen molar-refractivity contribution in [2.45, 2.75) is 46.3 Å². The van der Waals surface area contributed by atoms with Gasteiger partial charge >= 0.3 is 6.09 Å². The van der Waals surface area contributed by atoms with Crippen LogP contribution in [0.1, 0.15) is 40.4 Å². The predicted molar refractivity (Wildman–Crippen MR) is 104 cm³/mol. The van der Waals surface area contributed by atoms with Crippen LogP contribution in [0.3, 0.4) is 0 Å². The van der Waals surface area contributed by atoms with Crippen LogP contribution in [0.2, 0.25) is 0 Å². The van der Waals surface area contributed by atoms with Gasteiger partial charge in [-0.15, -0.1) is 0 Å². The SMILES string of the molecule is CC(C)Oc1cc(-c2ccccc2)nc(C#CCNC(=O)OC(C)(C)C)n1. The van der Waals surface area contributed by atoms with E-state index in [1.54, 1.807) is 26.8 Å². The van der Waals surface area contributed by atoms with Crippen LogP contribution in [-0.2, 0) is 4.74 Å². The molecule has 142 valence electrons. The van der Waals surface area contributed by atoms with Crippen molar-refractivity contribution in [2.24, 2.45) is 0 Å². The number of alkyl carbamates (subject to hydrolysis) is 1. The Morgan fingerprint density at radius 3 is 2.52 bits per heavy atom. The number of hydrogen-bond donors (Lipinski definition) is 1. The van der Waals surface area contributed by atoms with Crippen molar-refractivity contribution in [3.8, 4) is 29.0 Å². The summed E-state index contributed by atoms with van der Waals surface area (Å²) in [4.78, 5) is 20.4.